The number of carbonyl (C=O) groups is 3. The zero-order valence-electron chi connectivity index (χ0n) is 13.7. The van der Waals surface area contributed by atoms with Crippen molar-refractivity contribution >= 4 is 23.7 Å². The molecule has 0 saturated carbocycles. The summed E-state index contributed by atoms with van der Waals surface area (Å²) >= 11 is 0. The molecule has 6 heteroatoms. The van der Waals surface area contributed by atoms with E-state index in [1.807, 2.05) is 31.2 Å². The third kappa shape index (κ3) is 3.59. The maximum absolute atomic E-state index is 12.1. The second-order valence-electron chi connectivity index (χ2n) is 5.71. The number of aryl methyl sites for hydroxylation is 1. The van der Waals surface area contributed by atoms with E-state index < -0.39 is 12.0 Å². The molecule has 1 atom stereocenters. The first-order chi connectivity index (χ1) is 10.8. The number of nitrogens with zero attached hydrogens (tertiary/aromatic N) is 2. The lowest BCUT2D eigenvalue weighted by molar-refractivity contribution is -0.137. The molecule has 0 radical (unpaired) electrons. The van der Waals surface area contributed by atoms with E-state index in [0.29, 0.717) is 5.76 Å². The van der Waals surface area contributed by atoms with Crippen molar-refractivity contribution in [2.75, 3.05) is 21.1 Å². The van der Waals surface area contributed by atoms with Crippen LogP contribution in [0.4, 0.5) is 4.79 Å². The van der Waals surface area contributed by atoms with Crippen molar-refractivity contribution in [3.8, 4) is 0 Å². The van der Waals surface area contributed by atoms with Crippen LogP contribution in [-0.2, 0) is 14.3 Å². The number of hydrogen-bond donors (Lipinski definition) is 0. The quantitative estimate of drug-likeness (QED) is 0.632. The lowest BCUT2D eigenvalue weighted by Gasteiger charge is -2.16. The fourth-order valence-electron chi connectivity index (χ4n) is 2.31. The van der Waals surface area contributed by atoms with E-state index in [-0.39, 0.29) is 18.2 Å². The van der Waals surface area contributed by atoms with Crippen molar-refractivity contribution in [1.82, 2.24) is 9.80 Å². The van der Waals surface area contributed by atoms with E-state index >= 15 is 0 Å². The van der Waals surface area contributed by atoms with Gasteiger partial charge >= 0.3 is 6.09 Å². The van der Waals surface area contributed by atoms with Gasteiger partial charge < -0.3 is 9.64 Å². The summed E-state index contributed by atoms with van der Waals surface area (Å²) in [6.07, 6.45) is 1.11. The fraction of sp³-hybridized carbons (Fsp3) is 0.353. The summed E-state index contributed by atoms with van der Waals surface area (Å²) in [5.41, 5.74) is 1.63. The Kier molecular flexibility index (Phi) is 4.83. The third-order valence-corrected chi connectivity index (χ3v) is 3.74. The largest absolute Gasteiger partial charge is 0.414 e. The minimum Gasteiger partial charge on any atom is -0.410 e. The van der Waals surface area contributed by atoms with Crippen LogP contribution in [0.25, 0.3) is 5.76 Å². The molecule has 1 aromatic carbocycles. The van der Waals surface area contributed by atoms with Gasteiger partial charge in [-0.1, -0.05) is 24.3 Å². The molecule has 2 rings (SSSR count). The first kappa shape index (κ1) is 16.7. The van der Waals surface area contributed by atoms with Crippen LogP contribution in [0, 0.1) is 12.8 Å². The molecular formula is C17H20N2O4. The predicted molar refractivity (Wildman–Crippen MR) is 85.2 cm³/mol. The summed E-state index contributed by atoms with van der Waals surface area (Å²) in [4.78, 5) is 38.1. The monoisotopic (exact) mass is 316 g/mol. The molecule has 23 heavy (non-hydrogen) atoms. The molecule has 0 N–H and O–H groups in total. The van der Waals surface area contributed by atoms with Crippen molar-refractivity contribution < 1.29 is 19.1 Å². The summed E-state index contributed by atoms with van der Waals surface area (Å²) in [5.74, 6) is -0.846. The molecule has 1 aliphatic rings. The fourth-order valence-corrected chi connectivity index (χ4v) is 2.31. The van der Waals surface area contributed by atoms with E-state index in [9.17, 15) is 14.4 Å². The highest BCUT2D eigenvalue weighted by atomic mass is 16.6. The van der Waals surface area contributed by atoms with Crippen LogP contribution in [0.5, 0.6) is 0 Å². The van der Waals surface area contributed by atoms with E-state index in [1.165, 1.54) is 11.9 Å². The highest BCUT2D eigenvalue weighted by Gasteiger charge is 2.35. The van der Waals surface area contributed by atoms with Gasteiger partial charge in [-0.2, -0.15) is 0 Å². The van der Waals surface area contributed by atoms with Crippen LogP contribution in [0.15, 0.2) is 30.3 Å². The van der Waals surface area contributed by atoms with Gasteiger partial charge in [0.15, 0.2) is 0 Å². The van der Waals surface area contributed by atoms with Crippen LogP contribution in [0.1, 0.15) is 17.5 Å². The standard InChI is InChI=1S/C17H20N2O4/c1-11-7-5-6-8-13(11)14(23-17(22)18(2)3)9-12-10-15(20)19(4)16(12)21/h5-9,12H,10H2,1-4H3/b14-9-. The maximum atomic E-state index is 12.1. The number of hydrogen-bond acceptors (Lipinski definition) is 4. The van der Waals surface area contributed by atoms with Crippen molar-refractivity contribution in [2.45, 2.75) is 13.3 Å². The van der Waals surface area contributed by atoms with Crippen LogP contribution in [-0.4, -0.2) is 48.9 Å². The van der Waals surface area contributed by atoms with Crippen LogP contribution in [0.2, 0.25) is 0 Å². The Morgan fingerprint density at radius 3 is 2.48 bits per heavy atom. The lowest BCUT2D eigenvalue weighted by Crippen LogP contribution is -2.25. The molecular weight excluding hydrogens is 296 g/mol. The Bertz CT molecular complexity index is 679. The normalized spacial score (nSPS) is 18.3. The average Bonchev–Trinajstić information content (AvgIpc) is 2.74. The minimum absolute atomic E-state index is 0.0875. The summed E-state index contributed by atoms with van der Waals surface area (Å²) in [7, 11) is 4.61. The summed E-state index contributed by atoms with van der Waals surface area (Å²) in [5, 5.41) is 0. The van der Waals surface area contributed by atoms with Gasteiger partial charge in [-0.15, -0.1) is 0 Å². The third-order valence-electron chi connectivity index (χ3n) is 3.74. The van der Waals surface area contributed by atoms with Crippen molar-refractivity contribution in [1.29, 1.82) is 0 Å². The van der Waals surface area contributed by atoms with Gasteiger partial charge in [0.2, 0.25) is 11.8 Å². The van der Waals surface area contributed by atoms with Gasteiger partial charge in [0.1, 0.15) is 5.76 Å². The summed E-state index contributed by atoms with van der Waals surface area (Å²) in [6, 6.07) is 7.41. The Labute approximate surface area is 135 Å². The molecule has 0 aromatic heterocycles. The zero-order valence-corrected chi connectivity index (χ0v) is 13.7. The van der Waals surface area contributed by atoms with Gasteiger partial charge in [0.25, 0.3) is 0 Å². The number of ether oxygens (including phenoxy) is 1. The molecule has 1 unspecified atom stereocenters. The van der Waals surface area contributed by atoms with E-state index in [4.69, 9.17) is 4.74 Å². The second kappa shape index (κ2) is 6.64. The van der Waals surface area contributed by atoms with Gasteiger partial charge in [-0.25, -0.2) is 4.79 Å². The lowest BCUT2D eigenvalue weighted by atomic mass is 10.0. The number of amides is 3. The van der Waals surface area contributed by atoms with Crippen molar-refractivity contribution in [3.05, 3.63) is 41.5 Å². The van der Waals surface area contributed by atoms with Gasteiger partial charge in [0.05, 0.1) is 5.92 Å². The molecule has 1 saturated heterocycles. The molecule has 1 aliphatic heterocycles. The number of benzene rings is 1. The second-order valence-corrected chi connectivity index (χ2v) is 5.71. The number of carbonyl (C=O) groups excluding carboxylic acids is 3. The molecule has 1 aromatic rings. The Hall–Kier alpha value is -2.63. The van der Waals surface area contributed by atoms with Crippen LogP contribution < -0.4 is 0 Å². The van der Waals surface area contributed by atoms with E-state index in [0.717, 1.165) is 16.0 Å². The Balaban J connectivity index is 2.40. The molecule has 3 amide bonds. The predicted octanol–water partition coefficient (Wildman–Crippen LogP) is 2.04. The van der Waals surface area contributed by atoms with Gasteiger partial charge in [0, 0.05) is 33.1 Å². The smallest absolute Gasteiger partial charge is 0.410 e. The summed E-state index contributed by atoms with van der Waals surface area (Å²) in [6.45, 7) is 1.89. The van der Waals surface area contributed by atoms with E-state index in [1.54, 1.807) is 20.2 Å². The first-order valence-electron chi connectivity index (χ1n) is 7.28. The van der Waals surface area contributed by atoms with Crippen molar-refractivity contribution in [3.63, 3.8) is 0 Å². The molecule has 0 bridgehead atoms. The molecule has 1 heterocycles. The average molecular weight is 316 g/mol. The SMILES string of the molecule is Cc1ccccc1/C(=C/C1CC(=O)N(C)C1=O)OC(=O)N(C)C. The molecule has 1 fully saturated rings. The maximum Gasteiger partial charge on any atom is 0.414 e. The van der Waals surface area contributed by atoms with Gasteiger partial charge in [-0.05, 0) is 18.6 Å². The minimum atomic E-state index is -0.614. The molecule has 0 spiro atoms. The highest BCUT2D eigenvalue weighted by molar-refractivity contribution is 6.04. The summed E-state index contributed by atoms with van der Waals surface area (Å²) < 4.78 is 5.43. The Morgan fingerprint density at radius 2 is 1.96 bits per heavy atom. The van der Waals surface area contributed by atoms with Gasteiger partial charge in [-0.3, -0.25) is 14.5 Å². The Morgan fingerprint density at radius 1 is 1.30 bits per heavy atom. The van der Waals surface area contributed by atoms with E-state index in [2.05, 4.69) is 0 Å². The van der Waals surface area contributed by atoms with Crippen LogP contribution in [0.3, 0.4) is 0 Å². The molecule has 122 valence electrons. The number of imide groups is 1. The first-order valence-corrected chi connectivity index (χ1v) is 7.28. The highest BCUT2D eigenvalue weighted by Crippen LogP contribution is 2.27. The number of likely N-dealkylation sites (tertiary alicyclic amines) is 1. The molecule has 0 aliphatic carbocycles. The molecule has 6 nitrogen and oxygen atoms in total. The topological polar surface area (TPSA) is 66.9 Å². The zero-order chi connectivity index (χ0) is 17.1. The number of rotatable bonds is 3. The van der Waals surface area contributed by atoms with Crippen LogP contribution >= 0.6 is 0 Å². The van der Waals surface area contributed by atoms with Crippen molar-refractivity contribution in [2.24, 2.45) is 5.92 Å².